The lowest BCUT2D eigenvalue weighted by Gasteiger charge is -2.35. The van der Waals surface area contributed by atoms with Crippen LogP contribution >= 0.6 is 0 Å². The summed E-state index contributed by atoms with van der Waals surface area (Å²) in [6, 6.07) is 10.3. The predicted octanol–water partition coefficient (Wildman–Crippen LogP) is 5.11. The number of hydrogen-bond acceptors (Lipinski definition) is 2. The van der Waals surface area contributed by atoms with Crippen LogP contribution in [0.2, 0.25) is 0 Å². The van der Waals surface area contributed by atoms with Crippen molar-refractivity contribution in [3.8, 4) is 11.5 Å². The Morgan fingerprint density at radius 1 is 1.09 bits per heavy atom. The van der Waals surface area contributed by atoms with Crippen LogP contribution in [0.15, 0.2) is 30.3 Å². The summed E-state index contributed by atoms with van der Waals surface area (Å²) in [6.45, 7) is 13.2. The van der Waals surface area contributed by atoms with Crippen LogP contribution in [0, 0.1) is 27.7 Å². The molecule has 1 radical (unpaired) electrons. The molecule has 0 saturated carbocycles. The van der Waals surface area contributed by atoms with Gasteiger partial charge in [-0.2, -0.15) is 0 Å². The van der Waals surface area contributed by atoms with Crippen molar-refractivity contribution in [3.05, 3.63) is 65.1 Å². The zero-order valence-corrected chi connectivity index (χ0v) is 14.5. The molecule has 2 aromatic rings. The number of ether oxygens (including phenoxy) is 2. The van der Waals surface area contributed by atoms with Crippen molar-refractivity contribution >= 4 is 0 Å². The summed E-state index contributed by atoms with van der Waals surface area (Å²) in [5.74, 6) is 2.01. The molecule has 0 saturated heterocycles. The van der Waals surface area contributed by atoms with Gasteiger partial charge in [-0.3, -0.25) is 0 Å². The lowest BCUT2D eigenvalue weighted by molar-refractivity contribution is 0.109. The second kappa shape index (κ2) is 5.92. The van der Waals surface area contributed by atoms with Crippen molar-refractivity contribution in [2.75, 3.05) is 0 Å². The van der Waals surface area contributed by atoms with Gasteiger partial charge in [-0.25, -0.2) is 0 Å². The molecule has 0 aromatic heterocycles. The molecule has 2 nitrogen and oxygen atoms in total. The first-order valence-corrected chi connectivity index (χ1v) is 8.23. The van der Waals surface area contributed by atoms with Crippen molar-refractivity contribution in [2.45, 2.75) is 52.7 Å². The molecule has 1 unspecified atom stereocenters. The summed E-state index contributed by atoms with van der Waals surface area (Å²) < 4.78 is 12.3. The summed E-state index contributed by atoms with van der Waals surface area (Å²) in [6.07, 6.45) is 1.92. The van der Waals surface area contributed by atoms with E-state index in [1.54, 1.807) is 0 Å². The van der Waals surface area contributed by atoms with E-state index in [0.29, 0.717) is 6.61 Å². The molecule has 1 atom stereocenters. The molecule has 0 aliphatic carbocycles. The van der Waals surface area contributed by atoms with Crippen LogP contribution in [0.1, 0.15) is 41.2 Å². The largest absolute Gasteiger partial charge is 0.488 e. The fraction of sp³-hybridized carbons (Fsp3) is 0.381. The monoisotopic (exact) mass is 309 g/mol. The SMILES string of the molecule is [CH2]C1(C)CCc2c(C)c(OCc3ccccc3)c(C)c(C)c2O1. The number of benzene rings is 2. The standard InChI is InChI=1S/C21H25O2/c1-14-15(2)20-18(11-12-21(4,5)23-20)16(3)19(14)22-13-17-9-7-6-8-10-17/h6-10H,4,11-13H2,1-3,5H3. The average Bonchev–Trinajstić information content (AvgIpc) is 2.53. The van der Waals surface area contributed by atoms with Crippen LogP contribution in [-0.4, -0.2) is 5.60 Å². The Balaban J connectivity index is 1.95. The van der Waals surface area contributed by atoms with E-state index in [9.17, 15) is 0 Å². The molecule has 2 heteroatoms. The Bertz CT molecular complexity index is 715. The molecule has 0 amide bonds. The summed E-state index contributed by atoms with van der Waals surface area (Å²) in [7, 11) is 0. The molecule has 1 heterocycles. The molecule has 0 spiro atoms. The average molecular weight is 309 g/mol. The Morgan fingerprint density at radius 2 is 1.78 bits per heavy atom. The van der Waals surface area contributed by atoms with Crippen LogP contribution in [-0.2, 0) is 13.0 Å². The van der Waals surface area contributed by atoms with E-state index < -0.39 is 0 Å². The van der Waals surface area contributed by atoms with Gasteiger partial charge in [0, 0.05) is 5.56 Å². The fourth-order valence-corrected chi connectivity index (χ4v) is 3.23. The number of rotatable bonds is 3. The van der Waals surface area contributed by atoms with Gasteiger partial charge >= 0.3 is 0 Å². The first kappa shape index (κ1) is 15.9. The highest BCUT2D eigenvalue weighted by molar-refractivity contribution is 5.59. The van der Waals surface area contributed by atoms with E-state index in [2.05, 4.69) is 46.8 Å². The van der Waals surface area contributed by atoms with E-state index in [1.807, 2.05) is 18.2 Å². The maximum absolute atomic E-state index is 6.18. The Morgan fingerprint density at radius 3 is 2.48 bits per heavy atom. The van der Waals surface area contributed by atoms with E-state index >= 15 is 0 Å². The van der Waals surface area contributed by atoms with E-state index in [1.165, 1.54) is 22.3 Å². The van der Waals surface area contributed by atoms with Gasteiger partial charge in [0.25, 0.3) is 0 Å². The second-order valence-corrected chi connectivity index (χ2v) is 6.84. The van der Waals surface area contributed by atoms with Gasteiger partial charge in [0.15, 0.2) is 0 Å². The minimum Gasteiger partial charge on any atom is -0.488 e. The summed E-state index contributed by atoms with van der Waals surface area (Å²) in [4.78, 5) is 0. The van der Waals surface area contributed by atoms with Crippen molar-refractivity contribution in [2.24, 2.45) is 0 Å². The molecule has 2 aromatic carbocycles. The predicted molar refractivity (Wildman–Crippen MR) is 94.1 cm³/mol. The van der Waals surface area contributed by atoms with Gasteiger partial charge in [-0.15, -0.1) is 0 Å². The highest BCUT2D eigenvalue weighted by Crippen LogP contribution is 2.43. The molecule has 0 bridgehead atoms. The maximum atomic E-state index is 6.18. The number of hydrogen-bond donors (Lipinski definition) is 0. The van der Waals surface area contributed by atoms with E-state index in [0.717, 1.165) is 29.9 Å². The van der Waals surface area contributed by atoms with Gasteiger partial charge in [-0.05, 0) is 69.7 Å². The molecule has 0 N–H and O–H groups in total. The zero-order valence-electron chi connectivity index (χ0n) is 14.5. The third-order valence-electron chi connectivity index (χ3n) is 4.79. The third kappa shape index (κ3) is 3.08. The lowest BCUT2D eigenvalue weighted by Crippen LogP contribution is -2.34. The Labute approximate surface area is 139 Å². The normalized spacial score (nSPS) is 15.7. The highest BCUT2D eigenvalue weighted by Gasteiger charge is 2.31. The van der Waals surface area contributed by atoms with Crippen LogP contribution < -0.4 is 9.47 Å². The maximum Gasteiger partial charge on any atom is 0.127 e. The zero-order chi connectivity index (χ0) is 16.6. The number of fused-ring (bicyclic) bond motifs is 1. The highest BCUT2D eigenvalue weighted by atomic mass is 16.5. The molecular formula is C21H25O2. The molecule has 3 rings (SSSR count). The fourth-order valence-electron chi connectivity index (χ4n) is 3.23. The summed E-state index contributed by atoms with van der Waals surface area (Å²) in [5.41, 5.74) is 5.66. The second-order valence-electron chi connectivity index (χ2n) is 6.84. The van der Waals surface area contributed by atoms with Crippen LogP contribution in [0.4, 0.5) is 0 Å². The van der Waals surface area contributed by atoms with Crippen molar-refractivity contribution < 1.29 is 9.47 Å². The minimum atomic E-state index is -0.330. The Hall–Kier alpha value is -1.96. The van der Waals surface area contributed by atoms with Crippen LogP contribution in [0.5, 0.6) is 11.5 Å². The summed E-state index contributed by atoms with van der Waals surface area (Å²) in [5, 5.41) is 0. The van der Waals surface area contributed by atoms with Crippen LogP contribution in [0.3, 0.4) is 0 Å². The Kier molecular flexibility index (Phi) is 4.09. The molecule has 1 aliphatic heterocycles. The van der Waals surface area contributed by atoms with E-state index in [-0.39, 0.29) is 5.60 Å². The van der Waals surface area contributed by atoms with Gasteiger partial charge in [-0.1, -0.05) is 30.3 Å². The van der Waals surface area contributed by atoms with Gasteiger partial charge in [0.2, 0.25) is 0 Å². The third-order valence-corrected chi connectivity index (χ3v) is 4.79. The molecule has 1 aliphatic rings. The minimum absolute atomic E-state index is 0.330. The van der Waals surface area contributed by atoms with Crippen molar-refractivity contribution in [3.63, 3.8) is 0 Å². The van der Waals surface area contributed by atoms with Gasteiger partial charge < -0.3 is 9.47 Å². The summed E-state index contributed by atoms with van der Waals surface area (Å²) >= 11 is 0. The molecule has 0 fully saturated rings. The molecular weight excluding hydrogens is 284 g/mol. The topological polar surface area (TPSA) is 18.5 Å². The smallest absolute Gasteiger partial charge is 0.127 e. The van der Waals surface area contributed by atoms with Crippen LogP contribution in [0.25, 0.3) is 0 Å². The first-order valence-electron chi connectivity index (χ1n) is 8.23. The van der Waals surface area contributed by atoms with Gasteiger partial charge in [0.05, 0.1) is 0 Å². The quantitative estimate of drug-likeness (QED) is 0.784. The lowest BCUT2D eigenvalue weighted by atomic mass is 9.88. The van der Waals surface area contributed by atoms with Gasteiger partial charge in [0.1, 0.15) is 23.7 Å². The van der Waals surface area contributed by atoms with Crippen molar-refractivity contribution in [1.29, 1.82) is 0 Å². The first-order chi connectivity index (χ1) is 10.9. The molecule has 121 valence electrons. The van der Waals surface area contributed by atoms with E-state index in [4.69, 9.17) is 9.47 Å². The molecule has 23 heavy (non-hydrogen) atoms. The van der Waals surface area contributed by atoms with Crippen molar-refractivity contribution in [1.82, 2.24) is 0 Å².